The van der Waals surface area contributed by atoms with Gasteiger partial charge in [0.1, 0.15) is 52.6 Å². The molecule has 1 aliphatic heterocycles. The Morgan fingerprint density at radius 3 is 2.19 bits per heavy atom. The molecule has 36 heavy (non-hydrogen) atoms. The normalized spacial score (nSPS) is 24.0. The van der Waals surface area contributed by atoms with Gasteiger partial charge in [-0.15, -0.1) is 0 Å². The molecule has 0 radical (unpaired) electrons. The number of hydrogen-bond donors (Lipinski definition) is 6. The first kappa shape index (κ1) is 25.5. The maximum absolute atomic E-state index is 12.6. The number of aromatic hydroxyl groups is 2. The zero-order valence-electron chi connectivity index (χ0n) is 19.0. The van der Waals surface area contributed by atoms with Gasteiger partial charge in [0.2, 0.25) is 12.0 Å². The fraction of sp³-hybridized carbons (Fsp3) is 0.348. The fourth-order valence-corrected chi connectivity index (χ4v) is 3.74. The summed E-state index contributed by atoms with van der Waals surface area (Å²) in [6.45, 7) is -0.654. The summed E-state index contributed by atoms with van der Waals surface area (Å²) in [7, 11) is 2.62. The van der Waals surface area contributed by atoms with Gasteiger partial charge in [-0.2, -0.15) is 4.89 Å². The molecular weight excluding hydrogens is 484 g/mol. The summed E-state index contributed by atoms with van der Waals surface area (Å²) in [5.74, 6) is -0.723. The largest absolute Gasteiger partial charge is 0.508 e. The Morgan fingerprint density at radius 1 is 0.917 bits per heavy atom. The molecule has 2 aromatic carbocycles. The third-order valence-corrected chi connectivity index (χ3v) is 5.61. The Labute approximate surface area is 202 Å². The number of aliphatic hydroxyl groups is 4. The van der Waals surface area contributed by atoms with Crippen LogP contribution in [-0.4, -0.2) is 82.2 Å². The highest BCUT2D eigenvalue weighted by molar-refractivity contribution is 5.86. The van der Waals surface area contributed by atoms with Gasteiger partial charge in [-0.05, 0) is 12.1 Å². The molecular formula is C23H24O13. The summed E-state index contributed by atoms with van der Waals surface area (Å²) in [6, 6.07) is 6.17. The number of hydrogen-bond acceptors (Lipinski definition) is 13. The van der Waals surface area contributed by atoms with E-state index in [2.05, 4.69) is 0 Å². The fourth-order valence-electron chi connectivity index (χ4n) is 3.74. The van der Waals surface area contributed by atoms with Crippen molar-refractivity contribution in [2.45, 2.75) is 30.7 Å². The van der Waals surface area contributed by atoms with Gasteiger partial charge >= 0.3 is 0 Å². The van der Waals surface area contributed by atoms with Crippen molar-refractivity contribution in [3.8, 4) is 40.1 Å². The van der Waals surface area contributed by atoms with Gasteiger partial charge in [0, 0.05) is 23.8 Å². The lowest BCUT2D eigenvalue weighted by Crippen LogP contribution is -2.59. The van der Waals surface area contributed by atoms with Crippen molar-refractivity contribution in [2.75, 3.05) is 20.8 Å². The lowest BCUT2D eigenvalue weighted by molar-refractivity contribution is -0.387. The minimum atomic E-state index is -1.71. The molecule has 3 aromatic rings. The van der Waals surface area contributed by atoms with Crippen molar-refractivity contribution < 1.29 is 59.0 Å². The molecule has 13 nitrogen and oxygen atoms in total. The number of rotatable bonds is 7. The maximum atomic E-state index is 12.6. The van der Waals surface area contributed by atoms with E-state index in [1.807, 2.05) is 0 Å². The monoisotopic (exact) mass is 508 g/mol. The van der Waals surface area contributed by atoms with Crippen molar-refractivity contribution in [3.63, 3.8) is 0 Å². The van der Waals surface area contributed by atoms with Crippen LogP contribution in [0.25, 0.3) is 22.3 Å². The Bertz CT molecular complexity index is 1280. The first-order valence-electron chi connectivity index (χ1n) is 10.6. The second-order valence-corrected chi connectivity index (χ2v) is 7.90. The SMILES string of the molecule is COc1cc(-c2cc(=O)c3c(O)cc(O)cc3o2)cc(OC)c1OO[C@@H]1O[C@H](CO)[C@H](O)[C@H](O)[C@@H]1O. The van der Waals surface area contributed by atoms with Crippen LogP contribution in [-0.2, 0) is 9.62 Å². The van der Waals surface area contributed by atoms with Crippen molar-refractivity contribution in [2.24, 2.45) is 0 Å². The second kappa shape index (κ2) is 10.2. The van der Waals surface area contributed by atoms with E-state index in [-0.39, 0.29) is 39.7 Å². The van der Waals surface area contributed by atoms with Crippen molar-refractivity contribution >= 4 is 11.0 Å². The third kappa shape index (κ3) is 4.63. The van der Waals surface area contributed by atoms with E-state index in [1.165, 1.54) is 32.4 Å². The molecule has 0 aliphatic carbocycles. The lowest BCUT2D eigenvalue weighted by atomic mass is 9.99. The van der Waals surface area contributed by atoms with Gasteiger partial charge < -0.3 is 54.2 Å². The van der Waals surface area contributed by atoms with Crippen LogP contribution in [0.15, 0.2) is 39.5 Å². The predicted octanol–water partition coefficient (Wildman–Crippen LogP) is -0.00130. The molecule has 1 aromatic heterocycles. The molecule has 1 fully saturated rings. The van der Waals surface area contributed by atoms with Gasteiger partial charge in [-0.1, -0.05) is 0 Å². The van der Waals surface area contributed by atoms with Crippen LogP contribution >= 0.6 is 0 Å². The van der Waals surface area contributed by atoms with Crippen LogP contribution in [0.2, 0.25) is 0 Å². The summed E-state index contributed by atoms with van der Waals surface area (Å²) >= 11 is 0. The Hall–Kier alpha value is -3.59. The van der Waals surface area contributed by atoms with Crippen LogP contribution in [0, 0.1) is 0 Å². The minimum absolute atomic E-state index is 0.0374. The van der Waals surface area contributed by atoms with E-state index in [0.717, 1.165) is 12.1 Å². The first-order chi connectivity index (χ1) is 17.2. The van der Waals surface area contributed by atoms with Gasteiger partial charge in [0.25, 0.3) is 0 Å². The molecule has 194 valence electrons. The number of phenolic OH excluding ortho intramolecular Hbond substituents is 2. The highest BCUT2D eigenvalue weighted by Crippen LogP contribution is 2.42. The van der Waals surface area contributed by atoms with E-state index in [1.54, 1.807) is 0 Å². The highest BCUT2D eigenvalue weighted by atomic mass is 17.2. The molecule has 1 aliphatic rings. The molecule has 2 heterocycles. The number of methoxy groups -OCH3 is 2. The van der Waals surface area contributed by atoms with Crippen molar-refractivity contribution in [1.29, 1.82) is 0 Å². The maximum Gasteiger partial charge on any atom is 0.248 e. The topological polar surface area (TPSA) is 198 Å². The van der Waals surface area contributed by atoms with Gasteiger partial charge in [0.05, 0.1) is 20.8 Å². The second-order valence-electron chi connectivity index (χ2n) is 7.90. The van der Waals surface area contributed by atoms with E-state index < -0.39 is 48.5 Å². The molecule has 1 saturated heterocycles. The summed E-state index contributed by atoms with van der Waals surface area (Å²) in [6.07, 6.45) is -7.76. The number of phenols is 2. The van der Waals surface area contributed by atoms with Crippen molar-refractivity contribution in [3.05, 3.63) is 40.6 Å². The molecule has 0 saturated carbocycles. The number of ether oxygens (including phenoxy) is 3. The van der Waals surface area contributed by atoms with Gasteiger partial charge in [-0.25, -0.2) is 0 Å². The Balaban J connectivity index is 1.67. The molecule has 5 atom stereocenters. The summed E-state index contributed by atoms with van der Waals surface area (Å²) in [4.78, 5) is 23.0. The summed E-state index contributed by atoms with van der Waals surface area (Å²) < 4.78 is 21.6. The number of benzene rings is 2. The highest BCUT2D eigenvalue weighted by Gasteiger charge is 2.45. The van der Waals surface area contributed by atoms with Crippen LogP contribution < -0.4 is 19.8 Å². The zero-order valence-corrected chi connectivity index (χ0v) is 19.0. The number of aliphatic hydroxyl groups excluding tert-OH is 4. The zero-order chi connectivity index (χ0) is 26.1. The minimum Gasteiger partial charge on any atom is -0.508 e. The molecule has 0 spiro atoms. The van der Waals surface area contributed by atoms with E-state index >= 15 is 0 Å². The first-order valence-corrected chi connectivity index (χ1v) is 10.6. The molecule has 6 N–H and O–H groups in total. The number of fused-ring (bicyclic) bond motifs is 1. The molecule has 13 heteroatoms. The average Bonchev–Trinajstić information content (AvgIpc) is 2.85. The summed E-state index contributed by atoms with van der Waals surface area (Å²) in [5, 5.41) is 58.9. The lowest BCUT2D eigenvalue weighted by Gasteiger charge is -2.38. The van der Waals surface area contributed by atoms with Crippen molar-refractivity contribution in [1.82, 2.24) is 0 Å². The molecule has 0 amide bonds. The van der Waals surface area contributed by atoms with E-state index in [0.29, 0.717) is 5.56 Å². The van der Waals surface area contributed by atoms with Crippen LogP contribution in [0.1, 0.15) is 0 Å². The van der Waals surface area contributed by atoms with E-state index in [9.17, 15) is 35.4 Å². The smallest absolute Gasteiger partial charge is 0.248 e. The average molecular weight is 508 g/mol. The van der Waals surface area contributed by atoms with Crippen LogP contribution in [0.3, 0.4) is 0 Å². The molecule has 0 unspecified atom stereocenters. The quantitative estimate of drug-likeness (QED) is 0.184. The summed E-state index contributed by atoms with van der Waals surface area (Å²) in [5.41, 5.74) is -0.321. The van der Waals surface area contributed by atoms with E-state index in [4.69, 9.17) is 28.4 Å². The van der Waals surface area contributed by atoms with Crippen LogP contribution in [0.4, 0.5) is 0 Å². The predicted molar refractivity (Wildman–Crippen MR) is 120 cm³/mol. The Morgan fingerprint density at radius 2 is 1.58 bits per heavy atom. The van der Waals surface area contributed by atoms with Gasteiger partial charge in [0.15, 0.2) is 16.9 Å². The Kier molecular flexibility index (Phi) is 7.21. The molecule has 4 rings (SSSR count). The molecule has 0 bridgehead atoms. The van der Waals surface area contributed by atoms with Crippen LogP contribution in [0.5, 0.6) is 28.7 Å². The van der Waals surface area contributed by atoms with Gasteiger partial charge in [-0.3, -0.25) is 4.79 Å². The standard InChI is InChI=1S/C23H24O13/c1-31-15-3-9(13-7-12(27)18-11(26)5-10(25)6-14(18)33-13)4-16(32-2)22(15)35-36-23-21(30)20(29)19(28)17(8-24)34-23/h3-7,17,19-21,23-26,28-30H,8H2,1-2H3/t17-,19+,20+,21+,23+/m1/s1. The third-order valence-electron chi connectivity index (χ3n) is 5.61.